The van der Waals surface area contributed by atoms with E-state index in [0.29, 0.717) is 11.3 Å². The van der Waals surface area contributed by atoms with Crippen molar-refractivity contribution in [1.29, 1.82) is 0 Å². The first-order valence-electron chi connectivity index (χ1n) is 5.37. The van der Waals surface area contributed by atoms with Gasteiger partial charge in [-0.1, -0.05) is 6.07 Å². The molecule has 0 saturated carbocycles. The van der Waals surface area contributed by atoms with Crippen LogP contribution in [0.4, 0.5) is 4.39 Å². The highest BCUT2D eigenvalue weighted by atomic mass is 127. The van der Waals surface area contributed by atoms with Crippen molar-refractivity contribution in [2.75, 3.05) is 7.11 Å². The van der Waals surface area contributed by atoms with Crippen molar-refractivity contribution < 1.29 is 13.9 Å². The van der Waals surface area contributed by atoms with Crippen LogP contribution in [0, 0.1) is 9.39 Å². The second-order valence-corrected chi connectivity index (χ2v) is 5.88. The highest BCUT2D eigenvalue weighted by Crippen LogP contribution is 2.27. The number of hydrogen-bond donors (Lipinski definition) is 0. The predicted molar refractivity (Wildman–Crippen MR) is 83.2 cm³/mol. The van der Waals surface area contributed by atoms with E-state index in [0.717, 1.165) is 3.57 Å². The minimum atomic E-state index is -0.562. The average molecular weight is 435 g/mol. The molecule has 0 fully saturated rings. The lowest BCUT2D eigenvalue weighted by molar-refractivity contribution is 0.103. The summed E-state index contributed by atoms with van der Waals surface area (Å²) in [6.45, 7) is 0. The Hall–Kier alpha value is -0.950. The summed E-state index contributed by atoms with van der Waals surface area (Å²) >= 11 is 5.17. The lowest BCUT2D eigenvalue weighted by Crippen LogP contribution is -2.07. The van der Waals surface area contributed by atoms with Gasteiger partial charge in [-0.05, 0) is 68.9 Å². The molecule has 2 aromatic carbocycles. The molecule has 2 rings (SSSR count). The summed E-state index contributed by atoms with van der Waals surface area (Å²) < 4.78 is 20.3. The van der Waals surface area contributed by atoms with Crippen molar-refractivity contribution in [3.8, 4) is 5.75 Å². The van der Waals surface area contributed by atoms with Gasteiger partial charge in [-0.3, -0.25) is 4.79 Å². The number of carbonyl (C=O) groups excluding carboxylic acids is 1. The second-order valence-electron chi connectivity index (χ2n) is 3.78. The molecule has 2 nitrogen and oxygen atoms in total. The number of halogens is 3. The molecule has 0 N–H and O–H groups in total. The second kappa shape index (κ2) is 6.00. The van der Waals surface area contributed by atoms with Crippen molar-refractivity contribution in [3.05, 3.63) is 61.4 Å². The van der Waals surface area contributed by atoms with E-state index in [9.17, 15) is 9.18 Å². The summed E-state index contributed by atoms with van der Waals surface area (Å²) in [4.78, 5) is 12.4. The molecule has 0 unspecified atom stereocenters. The Morgan fingerprint density at radius 1 is 1.26 bits per heavy atom. The Kier molecular flexibility index (Phi) is 4.57. The van der Waals surface area contributed by atoms with Crippen LogP contribution >= 0.6 is 38.5 Å². The summed E-state index contributed by atoms with van der Waals surface area (Å²) in [6.07, 6.45) is 0. The van der Waals surface area contributed by atoms with Gasteiger partial charge in [0.1, 0.15) is 11.6 Å². The number of carbonyl (C=O) groups is 1. The van der Waals surface area contributed by atoms with Crippen LogP contribution in [-0.4, -0.2) is 12.9 Å². The molecule has 0 aliphatic heterocycles. The van der Waals surface area contributed by atoms with Crippen LogP contribution in [0.5, 0.6) is 5.75 Å². The van der Waals surface area contributed by atoms with Crippen LogP contribution in [0.3, 0.4) is 0 Å². The van der Waals surface area contributed by atoms with E-state index in [2.05, 4.69) is 38.5 Å². The van der Waals surface area contributed by atoms with Gasteiger partial charge in [-0.15, -0.1) is 0 Å². The maximum Gasteiger partial charge on any atom is 0.199 e. The molecular formula is C14H9BrFIO2. The molecule has 5 heteroatoms. The fourth-order valence-corrected chi connectivity index (χ4v) is 2.54. The molecule has 0 spiro atoms. The average Bonchev–Trinajstić information content (AvgIpc) is 2.41. The highest BCUT2D eigenvalue weighted by molar-refractivity contribution is 14.1. The Morgan fingerprint density at radius 3 is 2.68 bits per heavy atom. The van der Waals surface area contributed by atoms with Gasteiger partial charge in [0.25, 0.3) is 0 Å². The first-order chi connectivity index (χ1) is 9.04. The zero-order valence-corrected chi connectivity index (χ0v) is 13.7. The molecule has 0 saturated heterocycles. The van der Waals surface area contributed by atoms with Crippen molar-refractivity contribution in [1.82, 2.24) is 0 Å². The van der Waals surface area contributed by atoms with Crippen LogP contribution in [-0.2, 0) is 0 Å². The number of rotatable bonds is 3. The van der Waals surface area contributed by atoms with Crippen molar-refractivity contribution >= 4 is 44.3 Å². The van der Waals surface area contributed by atoms with Crippen molar-refractivity contribution in [3.63, 3.8) is 0 Å². The molecule has 0 bridgehead atoms. The van der Waals surface area contributed by atoms with E-state index in [1.54, 1.807) is 24.3 Å². The van der Waals surface area contributed by atoms with E-state index in [-0.39, 0.29) is 10.0 Å². The topological polar surface area (TPSA) is 26.3 Å². The molecule has 0 aromatic heterocycles. The normalized spacial score (nSPS) is 10.3. The van der Waals surface area contributed by atoms with Crippen LogP contribution < -0.4 is 4.74 Å². The van der Waals surface area contributed by atoms with Crippen LogP contribution in [0.25, 0.3) is 0 Å². The third kappa shape index (κ3) is 2.97. The van der Waals surface area contributed by atoms with Crippen LogP contribution in [0.1, 0.15) is 15.9 Å². The fourth-order valence-electron chi connectivity index (χ4n) is 1.68. The summed E-state index contributed by atoms with van der Waals surface area (Å²) in [7, 11) is 1.48. The van der Waals surface area contributed by atoms with Gasteiger partial charge in [-0.2, -0.15) is 0 Å². The molecule has 0 amide bonds. The highest BCUT2D eigenvalue weighted by Gasteiger charge is 2.19. The zero-order valence-electron chi connectivity index (χ0n) is 9.91. The third-order valence-corrected chi connectivity index (χ3v) is 3.89. The monoisotopic (exact) mass is 434 g/mol. The number of benzene rings is 2. The Labute approximate surface area is 132 Å². The molecule has 0 radical (unpaired) electrons. The van der Waals surface area contributed by atoms with E-state index in [1.165, 1.54) is 13.2 Å². The smallest absolute Gasteiger partial charge is 0.199 e. The van der Waals surface area contributed by atoms with E-state index in [4.69, 9.17) is 4.74 Å². The predicted octanol–water partition coefficient (Wildman–Crippen LogP) is 4.43. The molecular weight excluding hydrogens is 426 g/mol. The number of methoxy groups -OCH3 is 1. The third-order valence-electron chi connectivity index (χ3n) is 2.60. The van der Waals surface area contributed by atoms with E-state index in [1.807, 2.05) is 6.07 Å². The first-order valence-corrected chi connectivity index (χ1v) is 7.24. The number of ketones is 1. The minimum Gasteiger partial charge on any atom is -0.496 e. The molecule has 98 valence electrons. The maximum atomic E-state index is 14.0. The molecule has 19 heavy (non-hydrogen) atoms. The number of ether oxygens (including phenoxy) is 1. The van der Waals surface area contributed by atoms with E-state index >= 15 is 0 Å². The van der Waals surface area contributed by atoms with E-state index < -0.39 is 11.6 Å². The van der Waals surface area contributed by atoms with Gasteiger partial charge >= 0.3 is 0 Å². The first kappa shape index (κ1) is 14.5. The van der Waals surface area contributed by atoms with Gasteiger partial charge < -0.3 is 4.74 Å². The largest absolute Gasteiger partial charge is 0.496 e. The molecule has 0 atom stereocenters. The number of hydrogen-bond acceptors (Lipinski definition) is 2. The summed E-state index contributed by atoms with van der Waals surface area (Å²) in [5, 5.41) is 0. The van der Waals surface area contributed by atoms with Crippen molar-refractivity contribution in [2.24, 2.45) is 0 Å². The fraction of sp³-hybridized carbons (Fsp3) is 0.0714. The Balaban J connectivity index is 2.56. The van der Waals surface area contributed by atoms with Gasteiger partial charge in [0.15, 0.2) is 5.78 Å². The molecule has 2 aromatic rings. The Bertz CT molecular complexity index is 643. The summed E-state index contributed by atoms with van der Waals surface area (Å²) in [6, 6.07) is 9.85. The van der Waals surface area contributed by atoms with Crippen LogP contribution in [0.15, 0.2) is 40.9 Å². The summed E-state index contributed by atoms with van der Waals surface area (Å²) in [5.74, 6) is -0.521. The SMILES string of the molecule is COc1ccc(I)cc1C(=O)c1cccc(Br)c1F. The summed E-state index contributed by atoms with van der Waals surface area (Å²) in [5.41, 5.74) is 0.376. The maximum absolute atomic E-state index is 14.0. The zero-order chi connectivity index (χ0) is 14.0. The van der Waals surface area contributed by atoms with Gasteiger partial charge in [-0.25, -0.2) is 4.39 Å². The molecule has 0 aliphatic carbocycles. The molecule has 0 aliphatic rings. The van der Waals surface area contributed by atoms with Crippen LogP contribution in [0.2, 0.25) is 0 Å². The standard InChI is InChI=1S/C14H9BrFIO2/c1-19-12-6-5-8(17)7-10(12)14(18)9-3-2-4-11(15)13(9)16/h2-7H,1H3. The quantitative estimate of drug-likeness (QED) is 0.527. The Morgan fingerprint density at radius 2 is 2.00 bits per heavy atom. The van der Waals surface area contributed by atoms with Gasteiger partial charge in [0.05, 0.1) is 22.7 Å². The lowest BCUT2D eigenvalue weighted by atomic mass is 10.0. The minimum absolute atomic E-state index is 0.0228. The molecule has 0 heterocycles. The van der Waals surface area contributed by atoms with Gasteiger partial charge in [0, 0.05) is 3.57 Å². The van der Waals surface area contributed by atoms with Crippen molar-refractivity contribution in [2.45, 2.75) is 0 Å². The lowest BCUT2D eigenvalue weighted by Gasteiger charge is -2.09. The van der Waals surface area contributed by atoms with Gasteiger partial charge in [0.2, 0.25) is 0 Å².